The maximum atomic E-state index is 12.1. The Hall–Kier alpha value is -1.66. The molecular weight excluding hydrogens is 272 g/mol. The van der Waals surface area contributed by atoms with Crippen LogP contribution in [-0.2, 0) is 0 Å². The first-order valence-corrected chi connectivity index (χ1v) is 7.79. The van der Waals surface area contributed by atoms with Crippen LogP contribution in [0.1, 0.15) is 23.3 Å². The molecule has 2 aromatic rings. The van der Waals surface area contributed by atoms with Crippen LogP contribution in [0.25, 0.3) is 10.6 Å². The molecule has 1 amide bonds. The third-order valence-electron chi connectivity index (χ3n) is 3.55. The van der Waals surface area contributed by atoms with Crippen molar-refractivity contribution in [3.8, 4) is 10.6 Å². The van der Waals surface area contributed by atoms with Crippen LogP contribution in [0.5, 0.6) is 0 Å². The summed E-state index contributed by atoms with van der Waals surface area (Å²) in [6.45, 7) is 2.79. The Kier molecular flexibility index (Phi) is 4.13. The topological polar surface area (TPSA) is 69.8 Å². The van der Waals surface area contributed by atoms with Crippen LogP contribution in [0.15, 0.2) is 23.6 Å². The highest BCUT2D eigenvalue weighted by Gasteiger charge is 2.16. The molecule has 0 aromatic carbocycles. The number of aromatic amines is 1. The molecule has 3 rings (SSSR count). The molecule has 106 valence electrons. The van der Waals surface area contributed by atoms with Gasteiger partial charge in [0, 0.05) is 6.54 Å². The van der Waals surface area contributed by atoms with E-state index in [-0.39, 0.29) is 5.91 Å². The zero-order chi connectivity index (χ0) is 13.8. The van der Waals surface area contributed by atoms with Gasteiger partial charge in [-0.3, -0.25) is 9.89 Å². The van der Waals surface area contributed by atoms with Gasteiger partial charge in [-0.2, -0.15) is 5.10 Å². The predicted octanol–water partition coefficient (Wildman–Crippen LogP) is 1.87. The smallest absolute Gasteiger partial charge is 0.271 e. The Morgan fingerprint density at radius 3 is 3.25 bits per heavy atom. The average Bonchev–Trinajstić information content (AvgIpc) is 3.16. The van der Waals surface area contributed by atoms with Crippen molar-refractivity contribution in [3.63, 3.8) is 0 Å². The van der Waals surface area contributed by atoms with Gasteiger partial charge in [0.1, 0.15) is 0 Å². The molecule has 1 aliphatic heterocycles. The van der Waals surface area contributed by atoms with E-state index in [1.165, 1.54) is 12.8 Å². The van der Waals surface area contributed by atoms with Crippen LogP contribution in [0, 0.1) is 5.92 Å². The maximum Gasteiger partial charge on any atom is 0.271 e. The van der Waals surface area contributed by atoms with Gasteiger partial charge in [0.05, 0.1) is 10.6 Å². The summed E-state index contributed by atoms with van der Waals surface area (Å²) in [5.74, 6) is 0.429. The van der Waals surface area contributed by atoms with E-state index in [1.54, 1.807) is 17.4 Å². The summed E-state index contributed by atoms with van der Waals surface area (Å²) < 4.78 is 0. The zero-order valence-electron chi connectivity index (χ0n) is 11.2. The summed E-state index contributed by atoms with van der Waals surface area (Å²) >= 11 is 1.63. The van der Waals surface area contributed by atoms with E-state index in [0.717, 1.165) is 23.7 Å². The average molecular weight is 290 g/mol. The van der Waals surface area contributed by atoms with Crippen molar-refractivity contribution >= 4 is 17.2 Å². The number of aromatic nitrogens is 2. The number of amides is 1. The molecule has 0 aliphatic carbocycles. The minimum atomic E-state index is -0.102. The van der Waals surface area contributed by atoms with Crippen molar-refractivity contribution in [3.05, 3.63) is 29.3 Å². The lowest BCUT2D eigenvalue weighted by molar-refractivity contribution is 0.0940. The highest BCUT2D eigenvalue weighted by atomic mass is 32.1. The third-order valence-corrected chi connectivity index (χ3v) is 4.45. The first kappa shape index (κ1) is 13.3. The molecule has 0 bridgehead atoms. The summed E-state index contributed by atoms with van der Waals surface area (Å²) in [7, 11) is 0. The number of hydrogen-bond donors (Lipinski definition) is 3. The predicted molar refractivity (Wildman–Crippen MR) is 79.8 cm³/mol. The Morgan fingerprint density at radius 1 is 1.55 bits per heavy atom. The van der Waals surface area contributed by atoms with Crippen molar-refractivity contribution in [2.24, 2.45) is 5.92 Å². The van der Waals surface area contributed by atoms with E-state index in [2.05, 4.69) is 20.8 Å². The van der Waals surface area contributed by atoms with E-state index < -0.39 is 0 Å². The fraction of sp³-hybridized carbons (Fsp3) is 0.429. The molecule has 1 saturated heterocycles. The lowest BCUT2D eigenvalue weighted by atomic mass is 10.00. The number of carbonyl (C=O) groups is 1. The van der Waals surface area contributed by atoms with Crippen molar-refractivity contribution in [2.45, 2.75) is 12.8 Å². The standard InChI is InChI=1S/C14H18N4OS/c19-14(16-9-10-3-1-5-15-8-10)12-7-11(17-18-12)13-4-2-6-20-13/h2,4,6-7,10,15H,1,3,5,8-9H2,(H,16,19)(H,17,18). The van der Waals surface area contributed by atoms with E-state index in [9.17, 15) is 4.79 Å². The molecular formula is C14H18N4OS. The van der Waals surface area contributed by atoms with Gasteiger partial charge in [0.15, 0.2) is 5.69 Å². The summed E-state index contributed by atoms with van der Waals surface area (Å²) in [6.07, 6.45) is 2.36. The fourth-order valence-electron chi connectivity index (χ4n) is 2.42. The molecule has 1 aliphatic rings. The first-order valence-electron chi connectivity index (χ1n) is 6.91. The number of thiophene rings is 1. The highest BCUT2D eigenvalue weighted by Crippen LogP contribution is 2.22. The first-order chi connectivity index (χ1) is 9.83. The van der Waals surface area contributed by atoms with E-state index in [0.29, 0.717) is 18.2 Å². The minimum Gasteiger partial charge on any atom is -0.350 e. The second kappa shape index (κ2) is 6.19. The number of nitrogens with one attached hydrogen (secondary N) is 3. The number of rotatable bonds is 4. The monoisotopic (exact) mass is 290 g/mol. The molecule has 3 N–H and O–H groups in total. The lowest BCUT2D eigenvalue weighted by Gasteiger charge is -2.22. The van der Waals surface area contributed by atoms with Crippen molar-refractivity contribution in [1.29, 1.82) is 0 Å². The van der Waals surface area contributed by atoms with Crippen LogP contribution < -0.4 is 10.6 Å². The van der Waals surface area contributed by atoms with Gasteiger partial charge in [-0.1, -0.05) is 6.07 Å². The van der Waals surface area contributed by atoms with E-state index in [4.69, 9.17) is 0 Å². The van der Waals surface area contributed by atoms with Crippen molar-refractivity contribution in [2.75, 3.05) is 19.6 Å². The van der Waals surface area contributed by atoms with Crippen LogP contribution in [-0.4, -0.2) is 35.7 Å². The molecule has 1 unspecified atom stereocenters. The normalized spacial score (nSPS) is 18.9. The SMILES string of the molecule is O=C(NCC1CCCNC1)c1cc(-c2cccs2)[nH]n1. The van der Waals surface area contributed by atoms with Crippen molar-refractivity contribution in [1.82, 2.24) is 20.8 Å². The number of piperidine rings is 1. The Balaban J connectivity index is 1.57. The molecule has 2 aromatic heterocycles. The number of carbonyl (C=O) groups excluding carboxylic acids is 1. The molecule has 1 fully saturated rings. The summed E-state index contributed by atoms with van der Waals surface area (Å²) in [5.41, 5.74) is 1.35. The fourth-order valence-corrected chi connectivity index (χ4v) is 3.11. The molecule has 3 heterocycles. The molecule has 20 heavy (non-hydrogen) atoms. The maximum absolute atomic E-state index is 12.1. The van der Waals surface area contributed by atoms with Crippen LogP contribution in [0.3, 0.4) is 0 Å². The largest absolute Gasteiger partial charge is 0.350 e. The molecule has 5 nitrogen and oxygen atoms in total. The quantitative estimate of drug-likeness (QED) is 0.805. The molecule has 0 radical (unpaired) electrons. The third kappa shape index (κ3) is 3.08. The van der Waals surface area contributed by atoms with E-state index >= 15 is 0 Å². The number of nitrogens with zero attached hydrogens (tertiary/aromatic N) is 1. The Bertz CT molecular complexity index is 558. The number of hydrogen-bond acceptors (Lipinski definition) is 4. The molecule has 6 heteroatoms. The molecule has 1 atom stereocenters. The van der Waals surface area contributed by atoms with E-state index in [1.807, 2.05) is 17.5 Å². The van der Waals surface area contributed by atoms with Gasteiger partial charge in [-0.05, 0) is 49.4 Å². The van der Waals surface area contributed by atoms with Gasteiger partial charge in [-0.15, -0.1) is 11.3 Å². The highest BCUT2D eigenvalue weighted by molar-refractivity contribution is 7.13. The summed E-state index contributed by atoms with van der Waals surface area (Å²) in [4.78, 5) is 13.2. The van der Waals surface area contributed by atoms with Gasteiger partial charge in [0.2, 0.25) is 0 Å². The van der Waals surface area contributed by atoms with Gasteiger partial charge < -0.3 is 10.6 Å². The second-order valence-electron chi connectivity index (χ2n) is 5.07. The molecule has 0 spiro atoms. The van der Waals surface area contributed by atoms with Crippen LogP contribution in [0.2, 0.25) is 0 Å². The van der Waals surface area contributed by atoms with Gasteiger partial charge >= 0.3 is 0 Å². The van der Waals surface area contributed by atoms with Crippen LogP contribution in [0.4, 0.5) is 0 Å². The Morgan fingerprint density at radius 2 is 2.50 bits per heavy atom. The van der Waals surface area contributed by atoms with Crippen molar-refractivity contribution < 1.29 is 4.79 Å². The van der Waals surface area contributed by atoms with Gasteiger partial charge in [0.25, 0.3) is 5.91 Å². The minimum absolute atomic E-state index is 0.102. The summed E-state index contributed by atoms with van der Waals surface area (Å²) in [5, 5.41) is 15.3. The van der Waals surface area contributed by atoms with Crippen LogP contribution >= 0.6 is 11.3 Å². The van der Waals surface area contributed by atoms with Gasteiger partial charge in [-0.25, -0.2) is 0 Å². The zero-order valence-corrected chi connectivity index (χ0v) is 12.0. The second-order valence-corrected chi connectivity index (χ2v) is 6.01. The summed E-state index contributed by atoms with van der Waals surface area (Å²) in [6, 6.07) is 5.80. The molecule has 0 saturated carbocycles. The number of H-pyrrole nitrogens is 1. The lowest BCUT2D eigenvalue weighted by Crippen LogP contribution is -2.38. The Labute approximate surface area is 121 Å².